The summed E-state index contributed by atoms with van der Waals surface area (Å²) in [5, 5.41) is 25.8. The lowest BCUT2D eigenvalue weighted by Crippen LogP contribution is -2.17. The second-order valence-electron chi connectivity index (χ2n) is 7.01. The molecule has 0 aliphatic carbocycles. The fourth-order valence-electron chi connectivity index (χ4n) is 2.86. The predicted octanol–water partition coefficient (Wildman–Crippen LogP) is 3.89. The first-order chi connectivity index (χ1) is 17.3. The number of nitrogens with zero attached hydrogens (tertiary/aromatic N) is 3. The van der Waals surface area contributed by atoms with E-state index in [4.69, 9.17) is 9.47 Å². The Morgan fingerprint density at radius 2 is 1.64 bits per heavy atom. The van der Waals surface area contributed by atoms with Crippen LogP contribution in [-0.4, -0.2) is 35.0 Å². The van der Waals surface area contributed by atoms with Gasteiger partial charge in [-0.05, 0) is 42.0 Å². The molecule has 1 amide bonds. The maximum atomic E-state index is 12.3. The van der Waals surface area contributed by atoms with Crippen molar-refractivity contribution in [1.82, 2.24) is 5.43 Å². The topological polar surface area (TPSA) is 163 Å². The number of carbonyl (C=O) groups excluding carboxylic acids is 2. The molecule has 12 nitrogen and oxygen atoms in total. The maximum Gasteiger partial charge on any atom is 0.336 e. The lowest BCUT2D eigenvalue weighted by Gasteiger charge is -2.06. The van der Waals surface area contributed by atoms with Gasteiger partial charge in [0.2, 0.25) is 0 Å². The van der Waals surface area contributed by atoms with E-state index in [0.717, 1.165) is 24.4 Å². The molecule has 0 aliphatic rings. The molecule has 0 atom stereocenters. The third-order valence-electron chi connectivity index (χ3n) is 4.63. The molecule has 0 fully saturated rings. The fraction of sp³-hybridized carbons (Fsp3) is 0.0417. The van der Waals surface area contributed by atoms with Gasteiger partial charge in [0, 0.05) is 41.5 Å². The number of hydrogen-bond acceptors (Lipinski definition) is 9. The summed E-state index contributed by atoms with van der Waals surface area (Å²) in [6.45, 7) is 0. The molecule has 12 heteroatoms. The molecule has 0 bridgehead atoms. The van der Waals surface area contributed by atoms with Gasteiger partial charge in [-0.3, -0.25) is 25.0 Å². The number of benzene rings is 3. The summed E-state index contributed by atoms with van der Waals surface area (Å²) < 4.78 is 10.3. The Morgan fingerprint density at radius 3 is 2.31 bits per heavy atom. The number of carbonyl (C=O) groups is 2. The Bertz CT molecular complexity index is 1370. The van der Waals surface area contributed by atoms with Crippen LogP contribution in [0.2, 0.25) is 0 Å². The van der Waals surface area contributed by atoms with Gasteiger partial charge in [0.1, 0.15) is 11.5 Å². The number of hydrazone groups is 1. The van der Waals surface area contributed by atoms with Crippen molar-refractivity contribution in [3.05, 3.63) is 110 Å². The van der Waals surface area contributed by atoms with Crippen LogP contribution in [0, 0.1) is 20.2 Å². The zero-order chi connectivity index (χ0) is 26.1. The van der Waals surface area contributed by atoms with Crippen molar-refractivity contribution in [1.29, 1.82) is 0 Å². The van der Waals surface area contributed by atoms with E-state index in [-0.39, 0.29) is 22.7 Å². The van der Waals surface area contributed by atoms with E-state index in [1.165, 1.54) is 49.6 Å². The van der Waals surface area contributed by atoms with Crippen LogP contribution in [0.25, 0.3) is 6.08 Å². The second kappa shape index (κ2) is 11.7. The van der Waals surface area contributed by atoms with Crippen molar-refractivity contribution in [2.75, 3.05) is 7.11 Å². The van der Waals surface area contributed by atoms with Crippen LogP contribution in [0.15, 0.2) is 77.9 Å². The van der Waals surface area contributed by atoms with Gasteiger partial charge in [0.25, 0.3) is 17.3 Å². The van der Waals surface area contributed by atoms with Gasteiger partial charge < -0.3 is 9.47 Å². The summed E-state index contributed by atoms with van der Waals surface area (Å²) >= 11 is 0. The Morgan fingerprint density at radius 1 is 0.944 bits per heavy atom. The average molecular weight is 490 g/mol. The first-order valence-corrected chi connectivity index (χ1v) is 10.2. The number of nitrogens with one attached hydrogen (secondary N) is 1. The van der Waals surface area contributed by atoms with E-state index < -0.39 is 21.7 Å². The van der Waals surface area contributed by atoms with E-state index in [9.17, 15) is 29.8 Å². The molecular weight excluding hydrogens is 472 g/mol. The van der Waals surface area contributed by atoms with Crippen molar-refractivity contribution in [3.8, 4) is 11.5 Å². The number of esters is 1. The van der Waals surface area contributed by atoms with Crippen LogP contribution in [0.1, 0.15) is 21.5 Å². The van der Waals surface area contributed by atoms with Crippen molar-refractivity contribution >= 4 is 35.5 Å². The molecule has 0 heterocycles. The average Bonchev–Trinajstić information content (AvgIpc) is 2.88. The number of amides is 1. The number of rotatable bonds is 9. The summed E-state index contributed by atoms with van der Waals surface area (Å²) in [5.41, 5.74) is 2.60. The third kappa shape index (κ3) is 6.81. The molecule has 1 N–H and O–H groups in total. The van der Waals surface area contributed by atoms with E-state index >= 15 is 0 Å². The van der Waals surface area contributed by atoms with Gasteiger partial charge in [0.15, 0.2) is 0 Å². The monoisotopic (exact) mass is 490 g/mol. The number of non-ortho nitro benzene ring substituents is 2. The van der Waals surface area contributed by atoms with Gasteiger partial charge in [-0.1, -0.05) is 12.1 Å². The van der Waals surface area contributed by atoms with Crippen LogP contribution in [0.5, 0.6) is 11.5 Å². The van der Waals surface area contributed by atoms with Crippen LogP contribution in [0.4, 0.5) is 11.4 Å². The van der Waals surface area contributed by atoms with Crippen molar-refractivity contribution in [2.24, 2.45) is 5.10 Å². The minimum atomic E-state index is -0.840. The van der Waals surface area contributed by atoms with Gasteiger partial charge in [-0.2, -0.15) is 5.10 Å². The van der Waals surface area contributed by atoms with E-state index in [1.807, 2.05) is 0 Å². The molecule has 3 aromatic rings. The Labute approximate surface area is 203 Å². The maximum absolute atomic E-state index is 12.3. The summed E-state index contributed by atoms with van der Waals surface area (Å²) in [5.74, 6) is -0.876. The van der Waals surface area contributed by atoms with Crippen molar-refractivity contribution < 1.29 is 28.9 Å². The zero-order valence-electron chi connectivity index (χ0n) is 18.7. The van der Waals surface area contributed by atoms with Crippen LogP contribution < -0.4 is 14.9 Å². The predicted molar refractivity (Wildman–Crippen MR) is 129 cm³/mol. The highest BCUT2D eigenvalue weighted by Gasteiger charge is 2.13. The molecule has 0 radical (unpaired) electrons. The molecule has 182 valence electrons. The minimum absolute atomic E-state index is 0.0522. The number of methoxy groups -OCH3 is 1. The standard InChI is InChI=1S/C24H18N4O8/c1-35-21-9-6-17(7-10-21)24(30)26-25-15-18-14-20(28(33)34)8-11-22(18)36-23(29)12-5-16-3-2-4-19(13-16)27(31)32/h2-15H,1H3,(H,26,30)/b12-5+,25-15+. The number of nitro groups is 2. The van der Waals surface area contributed by atoms with Crippen molar-refractivity contribution in [3.63, 3.8) is 0 Å². The quantitative estimate of drug-likeness (QED) is 0.118. The number of nitro benzene ring substituents is 2. The molecular formula is C24H18N4O8. The Kier molecular flexibility index (Phi) is 8.17. The number of ether oxygens (including phenoxy) is 2. The van der Waals surface area contributed by atoms with Crippen LogP contribution >= 0.6 is 0 Å². The molecule has 36 heavy (non-hydrogen) atoms. The van der Waals surface area contributed by atoms with Gasteiger partial charge in [0.05, 0.1) is 23.2 Å². The van der Waals surface area contributed by atoms with Crippen LogP contribution in [0.3, 0.4) is 0 Å². The molecule has 0 spiro atoms. The smallest absolute Gasteiger partial charge is 0.336 e. The highest BCUT2D eigenvalue weighted by molar-refractivity contribution is 5.96. The second-order valence-corrected chi connectivity index (χ2v) is 7.01. The SMILES string of the molecule is COc1ccc(C(=O)N/N=C/c2cc([N+](=O)[O-])ccc2OC(=O)/C=C/c2cccc([N+](=O)[O-])c2)cc1. The molecule has 3 rings (SSSR count). The lowest BCUT2D eigenvalue weighted by atomic mass is 10.2. The molecule has 0 aromatic heterocycles. The normalized spacial score (nSPS) is 10.8. The molecule has 0 aliphatic heterocycles. The summed E-state index contributed by atoms with van der Waals surface area (Å²) in [4.78, 5) is 45.4. The van der Waals surface area contributed by atoms with Crippen molar-refractivity contribution in [2.45, 2.75) is 0 Å². The zero-order valence-corrected chi connectivity index (χ0v) is 18.7. The highest BCUT2D eigenvalue weighted by atomic mass is 16.6. The Balaban J connectivity index is 1.75. The summed E-state index contributed by atoms with van der Waals surface area (Å²) in [6, 6.07) is 15.3. The minimum Gasteiger partial charge on any atom is -0.497 e. The van der Waals surface area contributed by atoms with E-state index in [2.05, 4.69) is 10.5 Å². The van der Waals surface area contributed by atoms with E-state index in [0.29, 0.717) is 16.9 Å². The summed E-state index contributed by atoms with van der Waals surface area (Å²) in [7, 11) is 1.49. The Hall–Kier alpha value is -5.39. The highest BCUT2D eigenvalue weighted by Crippen LogP contribution is 2.23. The summed E-state index contributed by atoms with van der Waals surface area (Å²) in [6.07, 6.45) is 3.47. The molecule has 0 saturated heterocycles. The van der Waals surface area contributed by atoms with Crippen LogP contribution in [-0.2, 0) is 4.79 Å². The lowest BCUT2D eigenvalue weighted by molar-refractivity contribution is -0.385. The molecule has 0 saturated carbocycles. The molecule has 0 unspecified atom stereocenters. The van der Waals surface area contributed by atoms with Gasteiger partial charge in [-0.25, -0.2) is 10.2 Å². The first kappa shape index (κ1) is 25.2. The molecule has 3 aromatic carbocycles. The van der Waals surface area contributed by atoms with Gasteiger partial charge in [-0.15, -0.1) is 0 Å². The largest absolute Gasteiger partial charge is 0.497 e. The third-order valence-corrected chi connectivity index (χ3v) is 4.63. The first-order valence-electron chi connectivity index (χ1n) is 10.2. The fourth-order valence-corrected chi connectivity index (χ4v) is 2.86. The van der Waals surface area contributed by atoms with Gasteiger partial charge >= 0.3 is 5.97 Å². The van der Waals surface area contributed by atoms with E-state index in [1.54, 1.807) is 18.2 Å². The number of hydrogen-bond donors (Lipinski definition) is 1.